The van der Waals surface area contributed by atoms with E-state index in [0.717, 1.165) is 6.42 Å². The third kappa shape index (κ3) is 3.08. The SMILES string of the molecule is CCC(CCN)C(=O)[OH2+]. The van der Waals surface area contributed by atoms with Crippen molar-refractivity contribution < 1.29 is 9.90 Å². The summed E-state index contributed by atoms with van der Waals surface area (Å²) in [5.41, 5.74) is 5.21. The molecule has 0 aliphatic rings. The molecule has 0 bridgehead atoms. The zero-order valence-electron chi connectivity index (χ0n) is 5.68. The first kappa shape index (κ1) is 8.43. The molecule has 3 heteroatoms. The van der Waals surface area contributed by atoms with Gasteiger partial charge in [0.1, 0.15) is 5.92 Å². The molecular weight excluding hydrogens is 118 g/mol. The largest absolute Gasteiger partial charge is 0.565 e. The topological polar surface area (TPSA) is 66.0 Å². The first-order chi connectivity index (χ1) is 4.22. The average molecular weight is 132 g/mol. The van der Waals surface area contributed by atoms with Gasteiger partial charge in [0.15, 0.2) is 0 Å². The molecule has 0 fully saturated rings. The summed E-state index contributed by atoms with van der Waals surface area (Å²) in [4.78, 5) is 10.4. The third-order valence-electron chi connectivity index (χ3n) is 1.38. The van der Waals surface area contributed by atoms with Crippen molar-refractivity contribution in [2.75, 3.05) is 6.54 Å². The van der Waals surface area contributed by atoms with E-state index in [1.807, 2.05) is 6.92 Å². The minimum atomic E-state index is -0.483. The van der Waals surface area contributed by atoms with Crippen LogP contribution in [0.25, 0.3) is 0 Å². The highest BCUT2D eigenvalue weighted by Crippen LogP contribution is 2.05. The predicted octanol–water partition coefficient (Wildman–Crippen LogP) is -0.387. The van der Waals surface area contributed by atoms with Crippen LogP contribution in [0.5, 0.6) is 0 Å². The summed E-state index contributed by atoms with van der Waals surface area (Å²) >= 11 is 0. The standard InChI is InChI=1S/C6H13NO2/c1-2-5(3-4-7)6(8)9/h5H,2-4,7H2,1H3,(H,8,9)/p+1. The van der Waals surface area contributed by atoms with Crippen LogP contribution in [0.2, 0.25) is 0 Å². The van der Waals surface area contributed by atoms with E-state index in [4.69, 9.17) is 10.8 Å². The molecule has 9 heavy (non-hydrogen) atoms. The van der Waals surface area contributed by atoms with Crippen molar-refractivity contribution in [3.05, 3.63) is 0 Å². The molecule has 0 saturated carbocycles. The molecular formula is C6H14NO2+. The Balaban J connectivity index is 3.54. The van der Waals surface area contributed by atoms with Crippen molar-refractivity contribution in [3.8, 4) is 0 Å². The maximum Gasteiger partial charge on any atom is 0.519 e. The molecule has 3 nitrogen and oxygen atoms in total. The van der Waals surface area contributed by atoms with Gasteiger partial charge in [0.25, 0.3) is 0 Å². The molecule has 0 aromatic heterocycles. The molecule has 0 aliphatic heterocycles. The van der Waals surface area contributed by atoms with E-state index >= 15 is 0 Å². The minimum Gasteiger partial charge on any atom is -0.565 e. The Morgan fingerprint density at radius 1 is 1.78 bits per heavy atom. The number of rotatable bonds is 4. The maximum atomic E-state index is 10.4. The molecule has 1 atom stereocenters. The molecule has 0 aliphatic carbocycles. The van der Waals surface area contributed by atoms with Crippen molar-refractivity contribution in [3.63, 3.8) is 0 Å². The molecule has 0 rings (SSSR count). The Hall–Kier alpha value is -0.570. The lowest BCUT2D eigenvalue weighted by Crippen LogP contribution is -2.16. The lowest BCUT2D eigenvalue weighted by molar-refractivity contribution is -0.141. The van der Waals surface area contributed by atoms with Gasteiger partial charge in [-0.25, -0.2) is 0 Å². The summed E-state index contributed by atoms with van der Waals surface area (Å²) in [5, 5.41) is 6.74. The van der Waals surface area contributed by atoms with Crippen molar-refractivity contribution in [2.24, 2.45) is 11.7 Å². The fourth-order valence-electron chi connectivity index (χ4n) is 0.722. The van der Waals surface area contributed by atoms with E-state index in [9.17, 15) is 4.79 Å². The number of nitrogens with two attached hydrogens (primary N) is 1. The number of carbonyl (C=O) groups excluding carboxylic acids is 1. The Kier molecular flexibility index (Phi) is 4.05. The van der Waals surface area contributed by atoms with Crippen LogP contribution in [0.15, 0.2) is 0 Å². The summed E-state index contributed by atoms with van der Waals surface area (Å²) in [6.07, 6.45) is 1.39. The van der Waals surface area contributed by atoms with Crippen LogP contribution in [-0.4, -0.2) is 17.6 Å². The molecule has 0 heterocycles. The quantitative estimate of drug-likeness (QED) is 0.529. The molecule has 0 radical (unpaired) electrons. The lowest BCUT2D eigenvalue weighted by Gasteiger charge is -2.00. The molecule has 54 valence electrons. The smallest absolute Gasteiger partial charge is 0.519 e. The molecule has 0 aromatic carbocycles. The highest BCUT2D eigenvalue weighted by atomic mass is 16.4. The highest BCUT2D eigenvalue weighted by molar-refractivity contribution is 5.69. The third-order valence-corrected chi connectivity index (χ3v) is 1.38. The van der Waals surface area contributed by atoms with Gasteiger partial charge in [0.05, 0.1) is 0 Å². The fraction of sp³-hybridized carbons (Fsp3) is 0.833. The van der Waals surface area contributed by atoms with E-state index < -0.39 is 5.97 Å². The highest BCUT2D eigenvalue weighted by Gasteiger charge is 2.20. The van der Waals surface area contributed by atoms with Gasteiger partial charge in [-0.05, 0) is 19.4 Å². The fourth-order valence-corrected chi connectivity index (χ4v) is 0.722. The van der Waals surface area contributed by atoms with Crippen LogP contribution in [0.3, 0.4) is 0 Å². The molecule has 1 unspecified atom stereocenters. The molecule has 0 saturated heterocycles. The second kappa shape index (κ2) is 4.32. The second-order valence-electron chi connectivity index (χ2n) is 2.05. The summed E-state index contributed by atoms with van der Waals surface area (Å²) in [6.45, 7) is 2.40. The molecule has 0 aromatic rings. The summed E-state index contributed by atoms with van der Waals surface area (Å²) < 4.78 is 0. The van der Waals surface area contributed by atoms with Crippen LogP contribution >= 0.6 is 0 Å². The lowest BCUT2D eigenvalue weighted by atomic mass is 10.0. The van der Waals surface area contributed by atoms with E-state index in [0.29, 0.717) is 13.0 Å². The van der Waals surface area contributed by atoms with Crippen LogP contribution in [0.1, 0.15) is 19.8 Å². The second-order valence-corrected chi connectivity index (χ2v) is 2.05. The minimum absolute atomic E-state index is 0.130. The van der Waals surface area contributed by atoms with E-state index in [1.54, 1.807) is 0 Å². The first-order valence-electron chi connectivity index (χ1n) is 3.17. The van der Waals surface area contributed by atoms with Crippen LogP contribution in [0.4, 0.5) is 0 Å². The van der Waals surface area contributed by atoms with Gasteiger partial charge in [0, 0.05) is 4.79 Å². The molecule has 0 spiro atoms. The van der Waals surface area contributed by atoms with E-state index in [-0.39, 0.29) is 5.92 Å². The molecule has 4 N–H and O–H groups in total. The number of hydrogen-bond acceptors (Lipinski definition) is 2. The molecule has 0 amide bonds. The zero-order chi connectivity index (χ0) is 7.28. The van der Waals surface area contributed by atoms with Gasteiger partial charge in [-0.15, -0.1) is 0 Å². The Labute approximate surface area is 54.9 Å². The Morgan fingerprint density at radius 2 is 2.33 bits per heavy atom. The Morgan fingerprint density at radius 3 is 2.44 bits per heavy atom. The van der Waals surface area contributed by atoms with E-state index in [2.05, 4.69) is 0 Å². The zero-order valence-corrected chi connectivity index (χ0v) is 5.68. The maximum absolute atomic E-state index is 10.4. The predicted molar refractivity (Wildman–Crippen MR) is 36.1 cm³/mol. The van der Waals surface area contributed by atoms with Gasteiger partial charge in [-0.3, -0.25) is 0 Å². The van der Waals surface area contributed by atoms with Gasteiger partial charge < -0.3 is 10.8 Å². The Bertz CT molecular complexity index is 93.1. The monoisotopic (exact) mass is 132 g/mol. The number of hydrogen-bond donors (Lipinski definition) is 1. The first-order valence-corrected chi connectivity index (χ1v) is 3.17. The average Bonchev–Trinajstić information content (AvgIpc) is 1.82. The van der Waals surface area contributed by atoms with Crippen molar-refractivity contribution >= 4 is 5.97 Å². The summed E-state index contributed by atoms with van der Waals surface area (Å²) in [7, 11) is 0. The van der Waals surface area contributed by atoms with Gasteiger partial charge in [-0.1, -0.05) is 6.92 Å². The summed E-state index contributed by atoms with van der Waals surface area (Å²) in [5.74, 6) is -0.613. The van der Waals surface area contributed by atoms with Gasteiger partial charge >= 0.3 is 5.97 Å². The van der Waals surface area contributed by atoms with Crippen LogP contribution in [-0.2, 0) is 4.79 Å². The summed E-state index contributed by atoms with van der Waals surface area (Å²) in [6, 6.07) is 0. The van der Waals surface area contributed by atoms with Gasteiger partial charge in [0.2, 0.25) is 0 Å². The van der Waals surface area contributed by atoms with Crippen LogP contribution in [0, 0.1) is 5.92 Å². The van der Waals surface area contributed by atoms with Gasteiger partial charge in [-0.2, -0.15) is 0 Å². The number of carbonyl (C=O) groups is 1. The van der Waals surface area contributed by atoms with Crippen molar-refractivity contribution in [1.29, 1.82) is 0 Å². The van der Waals surface area contributed by atoms with Crippen LogP contribution < -0.4 is 5.73 Å². The van der Waals surface area contributed by atoms with Crippen molar-refractivity contribution in [2.45, 2.75) is 19.8 Å². The van der Waals surface area contributed by atoms with Crippen molar-refractivity contribution in [1.82, 2.24) is 0 Å². The normalized spacial score (nSPS) is 13.1. The van der Waals surface area contributed by atoms with E-state index in [1.165, 1.54) is 0 Å².